The van der Waals surface area contributed by atoms with Gasteiger partial charge in [0, 0.05) is 11.5 Å². The number of hydrogen-bond donors (Lipinski definition) is 3. The standard InChI is InChI=1S/C25H33NO5/c1-23-10-7-17(26-22(28)29)13-16(23)4-5-20-19(23)8-11-24(2)18(9-12-25(20,24)30)15-3-6-21(27)31-14-15/h3,6,13-14,17-20,26,30H,4-5,7-12H2,1-2H3,(H,28,29)/t17-,18+,19-,20+,23-,24+,25-/m0/s1. The zero-order chi connectivity index (χ0) is 22.0. The van der Waals surface area contributed by atoms with Gasteiger partial charge in [-0.15, -0.1) is 0 Å². The van der Waals surface area contributed by atoms with Crippen LogP contribution in [0.1, 0.15) is 76.7 Å². The third-order valence-corrected chi connectivity index (χ3v) is 9.73. The van der Waals surface area contributed by atoms with Crippen molar-refractivity contribution in [3.63, 3.8) is 0 Å². The van der Waals surface area contributed by atoms with Crippen LogP contribution in [0.4, 0.5) is 4.79 Å². The highest BCUT2D eigenvalue weighted by Crippen LogP contribution is 2.70. The van der Waals surface area contributed by atoms with Crippen molar-refractivity contribution in [2.45, 2.75) is 82.8 Å². The van der Waals surface area contributed by atoms with Crippen molar-refractivity contribution in [2.75, 3.05) is 0 Å². The third kappa shape index (κ3) is 2.94. The molecular weight excluding hydrogens is 394 g/mol. The van der Waals surface area contributed by atoms with Crippen LogP contribution in [0, 0.1) is 22.7 Å². The quantitative estimate of drug-likeness (QED) is 0.606. The Morgan fingerprint density at radius 2 is 1.90 bits per heavy atom. The van der Waals surface area contributed by atoms with Crippen molar-refractivity contribution < 1.29 is 19.4 Å². The summed E-state index contributed by atoms with van der Waals surface area (Å²) in [4.78, 5) is 22.5. The first-order chi connectivity index (χ1) is 14.7. The first-order valence-corrected chi connectivity index (χ1v) is 11.7. The smallest absolute Gasteiger partial charge is 0.405 e. The maximum absolute atomic E-state index is 12.2. The zero-order valence-corrected chi connectivity index (χ0v) is 18.4. The summed E-state index contributed by atoms with van der Waals surface area (Å²) in [6, 6.07) is 3.27. The lowest BCUT2D eigenvalue weighted by atomic mass is 9.45. The van der Waals surface area contributed by atoms with E-state index in [-0.39, 0.29) is 34.3 Å². The Bertz CT molecular complexity index is 964. The average molecular weight is 428 g/mol. The summed E-state index contributed by atoms with van der Waals surface area (Å²) in [6.07, 6.45) is 10.2. The summed E-state index contributed by atoms with van der Waals surface area (Å²) in [5, 5.41) is 24.0. The van der Waals surface area contributed by atoms with Gasteiger partial charge in [0.15, 0.2) is 0 Å². The van der Waals surface area contributed by atoms with E-state index < -0.39 is 11.7 Å². The van der Waals surface area contributed by atoms with Crippen LogP contribution in [0.2, 0.25) is 0 Å². The number of aliphatic hydroxyl groups is 1. The number of fused-ring (bicyclic) bond motifs is 5. The molecule has 4 aliphatic carbocycles. The molecule has 0 aliphatic heterocycles. The van der Waals surface area contributed by atoms with E-state index in [1.54, 1.807) is 6.26 Å². The molecule has 0 unspecified atom stereocenters. The van der Waals surface area contributed by atoms with E-state index in [0.717, 1.165) is 56.9 Å². The predicted octanol–water partition coefficient (Wildman–Crippen LogP) is 4.44. The van der Waals surface area contributed by atoms with Crippen LogP contribution in [-0.2, 0) is 0 Å². The van der Waals surface area contributed by atoms with E-state index in [2.05, 4.69) is 25.2 Å². The van der Waals surface area contributed by atoms with Crippen LogP contribution in [0.25, 0.3) is 0 Å². The second-order valence-electron chi connectivity index (χ2n) is 10.8. The zero-order valence-electron chi connectivity index (χ0n) is 18.4. The number of carbonyl (C=O) groups is 1. The summed E-state index contributed by atoms with van der Waals surface area (Å²) < 4.78 is 5.17. The summed E-state index contributed by atoms with van der Waals surface area (Å²) in [6.45, 7) is 4.59. The SMILES string of the molecule is C[C@]12CC[C@H](NC(=O)O)C=C1CC[C@@H]1[C@@H]2CC[C@]2(C)[C@@H](c3ccc(=O)oc3)CC[C@]12O. The van der Waals surface area contributed by atoms with Crippen molar-refractivity contribution in [1.82, 2.24) is 5.32 Å². The maximum Gasteiger partial charge on any atom is 0.405 e. The van der Waals surface area contributed by atoms with E-state index in [4.69, 9.17) is 9.52 Å². The number of hydrogen-bond acceptors (Lipinski definition) is 4. The van der Waals surface area contributed by atoms with Gasteiger partial charge in [-0.1, -0.05) is 25.5 Å². The molecule has 4 aliphatic rings. The Morgan fingerprint density at radius 1 is 1.10 bits per heavy atom. The molecule has 1 amide bonds. The minimum atomic E-state index is -0.962. The molecule has 5 rings (SSSR count). The average Bonchev–Trinajstić information content (AvgIpc) is 3.00. The summed E-state index contributed by atoms with van der Waals surface area (Å²) in [5.41, 5.74) is 1.16. The van der Waals surface area contributed by atoms with Gasteiger partial charge in [-0.2, -0.15) is 0 Å². The van der Waals surface area contributed by atoms with Gasteiger partial charge in [0.25, 0.3) is 0 Å². The van der Waals surface area contributed by atoms with Crippen molar-refractivity contribution >= 4 is 6.09 Å². The molecule has 7 atom stereocenters. The lowest BCUT2D eigenvalue weighted by Gasteiger charge is -2.62. The summed E-state index contributed by atoms with van der Waals surface area (Å²) in [7, 11) is 0. The molecule has 1 aromatic rings. The first-order valence-electron chi connectivity index (χ1n) is 11.7. The fourth-order valence-corrected chi connectivity index (χ4v) is 8.07. The van der Waals surface area contributed by atoms with Crippen LogP contribution in [0.15, 0.2) is 39.3 Å². The molecule has 0 radical (unpaired) electrons. The molecule has 0 bridgehead atoms. The van der Waals surface area contributed by atoms with Crippen molar-refractivity contribution in [3.05, 3.63) is 46.0 Å². The molecule has 6 nitrogen and oxygen atoms in total. The van der Waals surface area contributed by atoms with Crippen molar-refractivity contribution in [1.29, 1.82) is 0 Å². The normalized spacial score (nSPS) is 43.9. The monoisotopic (exact) mass is 427 g/mol. The minimum absolute atomic E-state index is 0.0360. The molecule has 3 N–H and O–H groups in total. The Morgan fingerprint density at radius 3 is 2.61 bits per heavy atom. The van der Waals surface area contributed by atoms with E-state index in [1.165, 1.54) is 11.6 Å². The topological polar surface area (TPSA) is 99.8 Å². The minimum Gasteiger partial charge on any atom is -0.465 e. The molecule has 0 spiro atoms. The molecular formula is C25H33NO5. The fourth-order valence-electron chi connectivity index (χ4n) is 8.07. The van der Waals surface area contributed by atoms with E-state index >= 15 is 0 Å². The third-order valence-electron chi connectivity index (χ3n) is 9.73. The fraction of sp³-hybridized carbons (Fsp3) is 0.680. The van der Waals surface area contributed by atoms with Crippen LogP contribution in [0.5, 0.6) is 0 Å². The molecule has 1 aromatic heterocycles. The largest absolute Gasteiger partial charge is 0.465 e. The lowest BCUT2D eigenvalue weighted by molar-refractivity contribution is -0.177. The number of carboxylic acid groups (broad SMARTS) is 1. The molecule has 3 fully saturated rings. The van der Waals surface area contributed by atoms with E-state index in [1.807, 2.05) is 6.07 Å². The van der Waals surface area contributed by atoms with Gasteiger partial charge >= 0.3 is 11.7 Å². The van der Waals surface area contributed by atoms with Crippen LogP contribution in [0.3, 0.4) is 0 Å². The summed E-state index contributed by atoms with van der Waals surface area (Å²) in [5.74, 6) is 0.866. The highest BCUT2D eigenvalue weighted by atomic mass is 16.4. The molecule has 168 valence electrons. The Balaban J connectivity index is 1.45. The molecule has 3 saturated carbocycles. The molecule has 0 aromatic carbocycles. The Labute approximate surface area is 182 Å². The summed E-state index contributed by atoms with van der Waals surface area (Å²) >= 11 is 0. The van der Waals surface area contributed by atoms with Crippen molar-refractivity contribution in [2.24, 2.45) is 22.7 Å². The number of allylic oxidation sites excluding steroid dienone is 1. The number of amides is 1. The Hall–Kier alpha value is -2.08. The van der Waals surface area contributed by atoms with Gasteiger partial charge in [0.1, 0.15) is 0 Å². The van der Waals surface area contributed by atoms with E-state index in [0.29, 0.717) is 5.92 Å². The van der Waals surface area contributed by atoms with Crippen LogP contribution >= 0.6 is 0 Å². The van der Waals surface area contributed by atoms with Gasteiger partial charge in [-0.05, 0) is 86.2 Å². The molecule has 6 heteroatoms. The molecule has 0 saturated heterocycles. The van der Waals surface area contributed by atoms with E-state index in [9.17, 15) is 14.7 Å². The lowest BCUT2D eigenvalue weighted by Crippen LogP contribution is -2.60. The number of rotatable bonds is 2. The van der Waals surface area contributed by atoms with Gasteiger partial charge in [0.05, 0.1) is 17.9 Å². The van der Waals surface area contributed by atoms with Crippen LogP contribution in [-0.4, -0.2) is 27.9 Å². The predicted molar refractivity (Wildman–Crippen MR) is 116 cm³/mol. The second-order valence-corrected chi connectivity index (χ2v) is 10.8. The highest BCUT2D eigenvalue weighted by molar-refractivity contribution is 5.65. The highest BCUT2D eigenvalue weighted by Gasteiger charge is 2.66. The van der Waals surface area contributed by atoms with Gasteiger partial charge in [-0.3, -0.25) is 0 Å². The first kappa shape index (κ1) is 20.8. The van der Waals surface area contributed by atoms with Crippen LogP contribution < -0.4 is 10.9 Å². The second kappa shape index (κ2) is 6.96. The van der Waals surface area contributed by atoms with Crippen molar-refractivity contribution in [3.8, 4) is 0 Å². The van der Waals surface area contributed by atoms with Gasteiger partial charge in [-0.25, -0.2) is 9.59 Å². The Kier molecular flexibility index (Phi) is 4.67. The molecule has 1 heterocycles. The maximum atomic E-state index is 12.2. The number of nitrogens with one attached hydrogen (secondary N) is 1. The molecule has 31 heavy (non-hydrogen) atoms. The van der Waals surface area contributed by atoms with Gasteiger partial charge in [0.2, 0.25) is 0 Å². The van der Waals surface area contributed by atoms with Gasteiger partial charge < -0.3 is 19.9 Å².